The average molecular weight is 250 g/mol. The molecule has 0 bridgehead atoms. The van der Waals surface area contributed by atoms with E-state index in [2.05, 4.69) is 17.2 Å². The van der Waals surface area contributed by atoms with Gasteiger partial charge in [-0.15, -0.1) is 0 Å². The normalized spacial score (nSPS) is 9.33. The highest BCUT2D eigenvalue weighted by Crippen LogP contribution is 2.15. The predicted molar refractivity (Wildman–Crippen MR) is 62.7 cm³/mol. The summed E-state index contributed by atoms with van der Waals surface area (Å²) in [4.78, 5) is 32.8. The summed E-state index contributed by atoms with van der Waals surface area (Å²) < 4.78 is 0. The van der Waals surface area contributed by atoms with Gasteiger partial charge in [0.2, 0.25) is 0 Å². The van der Waals surface area contributed by atoms with E-state index in [1.807, 2.05) is 0 Å². The molecule has 0 aliphatic carbocycles. The molecule has 1 rings (SSSR count). The molecule has 0 spiro atoms. The average Bonchev–Trinajstić information content (AvgIpc) is 2.28. The molecule has 18 heavy (non-hydrogen) atoms. The number of rotatable bonds is 4. The Bertz CT molecular complexity index is 492. The summed E-state index contributed by atoms with van der Waals surface area (Å²) in [5, 5.41) is 22.1. The molecule has 0 heterocycles. The zero-order chi connectivity index (χ0) is 13.7. The van der Waals surface area contributed by atoms with Crippen LogP contribution in [0.3, 0.4) is 0 Å². The maximum Gasteiger partial charge on any atom is 0.335 e. The van der Waals surface area contributed by atoms with E-state index in [0.29, 0.717) is 0 Å². The van der Waals surface area contributed by atoms with Crippen molar-refractivity contribution in [2.45, 2.75) is 0 Å². The van der Waals surface area contributed by atoms with Gasteiger partial charge in [-0.25, -0.2) is 14.4 Å². The van der Waals surface area contributed by atoms with E-state index in [4.69, 9.17) is 10.2 Å². The van der Waals surface area contributed by atoms with Gasteiger partial charge in [-0.3, -0.25) is 0 Å². The van der Waals surface area contributed by atoms with Crippen molar-refractivity contribution in [1.82, 2.24) is 5.32 Å². The summed E-state index contributed by atoms with van der Waals surface area (Å²) >= 11 is 0. The fraction of sp³-hybridized carbons (Fsp3) is 0. The van der Waals surface area contributed by atoms with Crippen LogP contribution in [0.4, 0.5) is 10.5 Å². The fourth-order valence-corrected chi connectivity index (χ4v) is 1.21. The number of benzene rings is 1. The van der Waals surface area contributed by atoms with Crippen molar-refractivity contribution in [3.8, 4) is 0 Å². The topological polar surface area (TPSA) is 116 Å². The molecule has 7 heteroatoms. The smallest absolute Gasteiger partial charge is 0.335 e. The summed E-state index contributed by atoms with van der Waals surface area (Å²) in [5.41, 5.74) is -0.403. The summed E-state index contributed by atoms with van der Waals surface area (Å²) in [5.74, 6) is -2.57. The number of anilines is 1. The molecule has 1 aromatic rings. The third-order valence-electron chi connectivity index (χ3n) is 1.92. The second kappa shape index (κ2) is 5.48. The Balaban J connectivity index is 3.10. The van der Waals surface area contributed by atoms with Crippen LogP contribution in [0.25, 0.3) is 0 Å². The van der Waals surface area contributed by atoms with Crippen molar-refractivity contribution < 1.29 is 24.6 Å². The van der Waals surface area contributed by atoms with Crippen LogP contribution >= 0.6 is 0 Å². The number of hydrogen-bond acceptors (Lipinski definition) is 3. The molecule has 0 atom stereocenters. The van der Waals surface area contributed by atoms with Crippen LogP contribution in [0.5, 0.6) is 0 Å². The molecule has 1 aromatic carbocycles. The minimum absolute atomic E-state index is 0.0617. The number of carbonyl (C=O) groups is 3. The Morgan fingerprint density at radius 1 is 1.06 bits per heavy atom. The molecule has 2 amide bonds. The Labute approximate surface area is 102 Å². The quantitative estimate of drug-likeness (QED) is 0.643. The van der Waals surface area contributed by atoms with Crippen molar-refractivity contribution in [3.05, 3.63) is 42.1 Å². The van der Waals surface area contributed by atoms with Crippen molar-refractivity contribution in [1.29, 1.82) is 0 Å². The number of amides is 2. The van der Waals surface area contributed by atoms with Gasteiger partial charge in [0.05, 0.1) is 11.1 Å². The minimum Gasteiger partial charge on any atom is -0.478 e. The van der Waals surface area contributed by atoms with Crippen molar-refractivity contribution in [2.24, 2.45) is 0 Å². The number of aromatic carboxylic acids is 2. The lowest BCUT2D eigenvalue weighted by Gasteiger charge is -2.07. The number of urea groups is 1. The van der Waals surface area contributed by atoms with Crippen LogP contribution in [0.15, 0.2) is 31.0 Å². The summed E-state index contributed by atoms with van der Waals surface area (Å²) in [6, 6.07) is 2.65. The van der Waals surface area contributed by atoms with E-state index >= 15 is 0 Å². The maximum atomic E-state index is 11.2. The number of carbonyl (C=O) groups excluding carboxylic acids is 1. The summed E-state index contributed by atoms with van der Waals surface area (Å²) in [6.45, 7) is 3.27. The third kappa shape index (κ3) is 3.34. The largest absolute Gasteiger partial charge is 0.478 e. The molecule has 0 aliphatic heterocycles. The maximum absolute atomic E-state index is 11.2. The first-order valence-electron chi connectivity index (χ1n) is 4.74. The second-order valence-electron chi connectivity index (χ2n) is 3.21. The van der Waals surface area contributed by atoms with Gasteiger partial charge in [0.1, 0.15) is 0 Å². The Kier molecular flexibility index (Phi) is 4.03. The fourth-order valence-electron chi connectivity index (χ4n) is 1.21. The highest BCUT2D eigenvalue weighted by molar-refractivity contribution is 5.98. The Morgan fingerprint density at radius 2 is 1.56 bits per heavy atom. The molecule has 0 aliphatic rings. The number of carboxylic acid groups (broad SMARTS) is 2. The van der Waals surface area contributed by atoms with Crippen LogP contribution in [-0.4, -0.2) is 28.2 Å². The highest BCUT2D eigenvalue weighted by atomic mass is 16.4. The standard InChI is InChI=1S/C11H10N2O5/c1-2-12-11(18)13-8-4-6(9(14)15)3-7(5-8)10(16)17/h2-5H,1H2,(H,14,15)(H,16,17)(H2,12,13,18). The Morgan fingerprint density at radius 3 is 1.94 bits per heavy atom. The lowest BCUT2D eigenvalue weighted by atomic mass is 10.1. The molecule has 0 saturated heterocycles. The first kappa shape index (κ1) is 13.2. The molecule has 94 valence electrons. The van der Waals surface area contributed by atoms with Gasteiger partial charge in [-0.1, -0.05) is 6.58 Å². The van der Waals surface area contributed by atoms with Crippen molar-refractivity contribution in [3.63, 3.8) is 0 Å². The lowest BCUT2D eigenvalue weighted by Crippen LogP contribution is -2.23. The van der Waals surface area contributed by atoms with Crippen LogP contribution in [0, 0.1) is 0 Å². The number of carboxylic acids is 2. The summed E-state index contributed by atoms with van der Waals surface area (Å²) in [7, 11) is 0. The van der Waals surface area contributed by atoms with Gasteiger partial charge >= 0.3 is 18.0 Å². The van der Waals surface area contributed by atoms with Crippen LogP contribution in [-0.2, 0) is 0 Å². The van der Waals surface area contributed by atoms with Gasteiger partial charge in [-0.2, -0.15) is 0 Å². The Hall–Kier alpha value is -2.83. The summed E-state index contributed by atoms with van der Waals surface area (Å²) in [6.07, 6.45) is 1.13. The minimum atomic E-state index is -1.29. The van der Waals surface area contributed by atoms with Gasteiger partial charge in [0.25, 0.3) is 0 Å². The van der Waals surface area contributed by atoms with E-state index in [1.165, 1.54) is 0 Å². The van der Waals surface area contributed by atoms with Crippen molar-refractivity contribution >= 4 is 23.7 Å². The van der Waals surface area contributed by atoms with Gasteiger partial charge in [0.15, 0.2) is 0 Å². The number of hydrogen-bond donors (Lipinski definition) is 4. The molecule has 0 radical (unpaired) electrons. The molecule has 4 N–H and O–H groups in total. The molecule has 0 unspecified atom stereocenters. The predicted octanol–water partition coefficient (Wildman–Crippen LogP) is 1.35. The zero-order valence-electron chi connectivity index (χ0n) is 9.14. The SMILES string of the molecule is C=CNC(=O)Nc1cc(C(=O)O)cc(C(=O)O)c1. The van der Waals surface area contributed by atoms with Gasteiger partial charge in [-0.05, 0) is 24.4 Å². The monoisotopic (exact) mass is 250 g/mol. The highest BCUT2D eigenvalue weighted by Gasteiger charge is 2.12. The van der Waals surface area contributed by atoms with Crippen molar-refractivity contribution in [2.75, 3.05) is 5.32 Å². The third-order valence-corrected chi connectivity index (χ3v) is 1.92. The molecule has 0 fully saturated rings. The van der Waals surface area contributed by atoms with E-state index in [1.54, 1.807) is 0 Å². The number of nitrogens with one attached hydrogen (secondary N) is 2. The molecule has 7 nitrogen and oxygen atoms in total. The van der Waals surface area contributed by atoms with Crippen LogP contribution in [0.2, 0.25) is 0 Å². The van der Waals surface area contributed by atoms with Crippen LogP contribution in [0.1, 0.15) is 20.7 Å². The van der Waals surface area contributed by atoms with E-state index < -0.39 is 18.0 Å². The van der Waals surface area contributed by atoms with E-state index in [9.17, 15) is 14.4 Å². The molecule has 0 saturated carbocycles. The second-order valence-corrected chi connectivity index (χ2v) is 3.21. The van der Waals surface area contributed by atoms with E-state index in [-0.39, 0.29) is 16.8 Å². The molecular weight excluding hydrogens is 240 g/mol. The zero-order valence-corrected chi connectivity index (χ0v) is 9.14. The molecular formula is C11H10N2O5. The lowest BCUT2D eigenvalue weighted by molar-refractivity contribution is 0.0696. The van der Waals surface area contributed by atoms with Gasteiger partial charge < -0.3 is 20.8 Å². The van der Waals surface area contributed by atoms with E-state index in [0.717, 1.165) is 24.4 Å². The first-order valence-corrected chi connectivity index (χ1v) is 4.74. The first-order chi connectivity index (χ1) is 8.43. The van der Waals surface area contributed by atoms with Crippen LogP contribution < -0.4 is 10.6 Å². The van der Waals surface area contributed by atoms with Gasteiger partial charge in [0, 0.05) is 5.69 Å². The molecule has 0 aromatic heterocycles.